The topological polar surface area (TPSA) is 9.23 Å². The van der Waals surface area contributed by atoms with Crippen LogP contribution >= 0.6 is 0 Å². The van der Waals surface area contributed by atoms with Gasteiger partial charge in [0.2, 0.25) is 0 Å². The molecule has 1 rings (SSSR count). The highest BCUT2D eigenvalue weighted by atomic mass is 16.5. The fourth-order valence-corrected chi connectivity index (χ4v) is 1.55. The highest BCUT2D eigenvalue weighted by Crippen LogP contribution is 2.11. The molecule has 11 heavy (non-hydrogen) atoms. The normalized spacial score (nSPS) is 31.1. The van der Waals surface area contributed by atoms with E-state index in [2.05, 4.69) is 14.0 Å². The van der Waals surface area contributed by atoms with Gasteiger partial charge in [-0.1, -0.05) is 13.3 Å². The average molecular weight is 158 g/mol. The van der Waals surface area contributed by atoms with Gasteiger partial charge < -0.3 is 9.22 Å². The van der Waals surface area contributed by atoms with Crippen LogP contribution in [0, 0.1) is 0 Å². The van der Waals surface area contributed by atoms with Gasteiger partial charge in [0.25, 0.3) is 0 Å². The molecule has 1 saturated heterocycles. The van der Waals surface area contributed by atoms with Crippen molar-refractivity contribution >= 4 is 0 Å². The van der Waals surface area contributed by atoms with Gasteiger partial charge in [0.05, 0.1) is 13.6 Å². The number of rotatable bonds is 4. The molecule has 0 aromatic heterocycles. The third kappa shape index (κ3) is 2.80. The molecule has 1 unspecified atom stereocenters. The van der Waals surface area contributed by atoms with Crippen LogP contribution < -0.4 is 0 Å². The average Bonchev–Trinajstić information content (AvgIpc) is 2.38. The second-order valence-electron chi connectivity index (χ2n) is 3.81. The second kappa shape index (κ2) is 4.07. The van der Waals surface area contributed by atoms with E-state index in [1.807, 2.05) is 0 Å². The van der Waals surface area contributed by atoms with Gasteiger partial charge in [-0.15, -0.1) is 0 Å². The van der Waals surface area contributed by atoms with E-state index in [0.717, 1.165) is 17.8 Å². The molecule has 1 aliphatic heterocycles. The van der Waals surface area contributed by atoms with Crippen molar-refractivity contribution in [1.82, 2.24) is 0 Å². The van der Waals surface area contributed by atoms with Gasteiger partial charge in [0, 0.05) is 0 Å². The number of likely N-dealkylation sites (N-methyl/N-ethyl adjacent to an activating group) is 1. The minimum atomic E-state index is 0.934. The van der Waals surface area contributed by atoms with Crippen LogP contribution in [0.5, 0.6) is 0 Å². The van der Waals surface area contributed by atoms with Gasteiger partial charge in [0.15, 0.2) is 6.73 Å². The lowest BCUT2D eigenvalue weighted by Crippen LogP contribution is -2.42. The third-order valence-corrected chi connectivity index (χ3v) is 2.48. The molecule has 1 aliphatic rings. The zero-order valence-electron chi connectivity index (χ0n) is 7.81. The lowest BCUT2D eigenvalue weighted by atomic mass is 10.2. The van der Waals surface area contributed by atoms with Crippen LogP contribution in [0.15, 0.2) is 0 Å². The first-order chi connectivity index (χ1) is 5.27. The summed E-state index contributed by atoms with van der Waals surface area (Å²) in [6, 6.07) is 0. The Labute approximate surface area is 69.7 Å². The first-order valence-corrected chi connectivity index (χ1v) is 4.68. The molecule has 0 spiro atoms. The Bertz CT molecular complexity index is 108. The quantitative estimate of drug-likeness (QED) is 0.446. The number of quaternary nitrogens is 1. The number of unbranched alkanes of at least 4 members (excludes halogenated alkanes) is 2. The van der Waals surface area contributed by atoms with Gasteiger partial charge >= 0.3 is 0 Å². The predicted octanol–water partition coefficient (Wildman–Crippen LogP) is 1.61. The van der Waals surface area contributed by atoms with Gasteiger partial charge in [-0.05, 0) is 12.8 Å². The molecule has 66 valence electrons. The summed E-state index contributed by atoms with van der Waals surface area (Å²) in [5.74, 6) is 0. The zero-order valence-corrected chi connectivity index (χ0v) is 7.81. The van der Waals surface area contributed by atoms with Crippen molar-refractivity contribution in [1.29, 1.82) is 0 Å². The van der Waals surface area contributed by atoms with E-state index >= 15 is 0 Å². The predicted molar refractivity (Wildman–Crippen MR) is 46.3 cm³/mol. The lowest BCUT2D eigenvalue weighted by Gasteiger charge is -2.26. The zero-order chi connectivity index (χ0) is 8.16. The highest BCUT2D eigenvalue weighted by Gasteiger charge is 2.26. The summed E-state index contributed by atoms with van der Waals surface area (Å²) in [5.41, 5.74) is 0. The molecule has 0 N–H and O–H groups in total. The molecule has 0 saturated carbocycles. The summed E-state index contributed by atoms with van der Waals surface area (Å²) in [5, 5.41) is 0. The first kappa shape index (κ1) is 9.01. The van der Waals surface area contributed by atoms with Crippen LogP contribution in [0.2, 0.25) is 0 Å². The van der Waals surface area contributed by atoms with Crippen LogP contribution in [0.1, 0.15) is 26.2 Å². The Morgan fingerprint density at radius 1 is 1.36 bits per heavy atom. The smallest absolute Gasteiger partial charge is 0.183 e. The van der Waals surface area contributed by atoms with Crippen LogP contribution in [0.3, 0.4) is 0 Å². The van der Waals surface area contributed by atoms with Crippen LogP contribution in [0.25, 0.3) is 0 Å². The van der Waals surface area contributed by atoms with Gasteiger partial charge in [0.1, 0.15) is 13.2 Å². The Hall–Kier alpha value is -0.0800. The van der Waals surface area contributed by atoms with E-state index < -0.39 is 0 Å². The number of ether oxygens (including phenoxy) is 1. The molecule has 0 aromatic rings. The standard InChI is InChI=1S/C9H20NO/c1-3-4-5-6-10(2)7-8-11-9-10/h3-9H2,1-2H3/q+1. The largest absolute Gasteiger partial charge is 0.326 e. The summed E-state index contributed by atoms with van der Waals surface area (Å²) in [7, 11) is 2.29. The van der Waals surface area contributed by atoms with Gasteiger partial charge in [-0.2, -0.15) is 0 Å². The molecule has 0 amide bonds. The second-order valence-corrected chi connectivity index (χ2v) is 3.81. The number of hydrogen-bond acceptors (Lipinski definition) is 1. The molecule has 1 fully saturated rings. The summed E-state index contributed by atoms with van der Waals surface area (Å²) in [6.07, 6.45) is 4.05. The van der Waals surface area contributed by atoms with E-state index in [9.17, 15) is 0 Å². The minimum absolute atomic E-state index is 0.934. The molecule has 0 radical (unpaired) electrons. The van der Waals surface area contributed by atoms with E-state index in [4.69, 9.17) is 4.74 Å². The molecular formula is C9H20NO+. The van der Waals surface area contributed by atoms with E-state index in [0.29, 0.717) is 0 Å². The van der Waals surface area contributed by atoms with Crippen molar-refractivity contribution in [2.45, 2.75) is 26.2 Å². The number of nitrogens with zero attached hydrogens (tertiary/aromatic N) is 1. The SMILES string of the molecule is CCCCC[N+]1(C)CCOC1. The Kier molecular flexibility index (Phi) is 3.34. The summed E-state index contributed by atoms with van der Waals surface area (Å²) in [6.45, 7) is 6.66. The highest BCUT2D eigenvalue weighted by molar-refractivity contribution is 4.43. The number of hydrogen-bond donors (Lipinski definition) is 0. The molecular weight excluding hydrogens is 138 g/mol. The van der Waals surface area contributed by atoms with E-state index in [1.54, 1.807) is 0 Å². The van der Waals surface area contributed by atoms with Crippen LogP contribution in [0.4, 0.5) is 0 Å². The maximum absolute atomic E-state index is 5.36. The maximum Gasteiger partial charge on any atom is 0.183 e. The summed E-state index contributed by atoms with van der Waals surface area (Å²) >= 11 is 0. The summed E-state index contributed by atoms with van der Waals surface area (Å²) in [4.78, 5) is 0. The van der Waals surface area contributed by atoms with E-state index in [1.165, 1.54) is 32.4 Å². The molecule has 2 heteroatoms. The Morgan fingerprint density at radius 3 is 2.73 bits per heavy atom. The molecule has 2 nitrogen and oxygen atoms in total. The third-order valence-electron chi connectivity index (χ3n) is 2.48. The first-order valence-electron chi connectivity index (χ1n) is 4.68. The minimum Gasteiger partial charge on any atom is -0.326 e. The van der Waals surface area contributed by atoms with Crippen molar-refractivity contribution < 1.29 is 9.22 Å². The van der Waals surface area contributed by atoms with Crippen molar-refractivity contribution in [3.05, 3.63) is 0 Å². The molecule has 1 heterocycles. The lowest BCUT2D eigenvalue weighted by molar-refractivity contribution is -0.906. The fourth-order valence-electron chi connectivity index (χ4n) is 1.55. The van der Waals surface area contributed by atoms with Crippen molar-refractivity contribution in [3.8, 4) is 0 Å². The van der Waals surface area contributed by atoms with Crippen molar-refractivity contribution in [2.24, 2.45) is 0 Å². The van der Waals surface area contributed by atoms with Crippen LogP contribution in [-0.2, 0) is 4.74 Å². The van der Waals surface area contributed by atoms with Crippen molar-refractivity contribution in [2.75, 3.05) is 33.5 Å². The molecule has 0 aromatic carbocycles. The monoisotopic (exact) mass is 158 g/mol. The molecule has 0 aliphatic carbocycles. The van der Waals surface area contributed by atoms with E-state index in [-0.39, 0.29) is 0 Å². The Balaban J connectivity index is 2.13. The Morgan fingerprint density at radius 2 is 2.18 bits per heavy atom. The molecule has 0 bridgehead atoms. The van der Waals surface area contributed by atoms with Crippen LogP contribution in [-0.4, -0.2) is 38.0 Å². The molecule has 1 atom stereocenters. The maximum atomic E-state index is 5.36. The van der Waals surface area contributed by atoms with Gasteiger partial charge in [-0.25, -0.2) is 0 Å². The van der Waals surface area contributed by atoms with Gasteiger partial charge in [-0.3, -0.25) is 0 Å². The fraction of sp³-hybridized carbons (Fsp3) is 1.00. The van der Waals surface area contributed by atoms with Crippen molar-refractivity contribution in [3.63, 3.8) is 0 Å². The summed E-state index contributed by atoms with van der Waals surface area (Å²) < 4.78 is 6.50.